The van der Waals surface area contributed by atoms with E-state index in [9.17, 15) is 0 Å². The predicted molar refractivity (Wildman–Crippen MR) is 240 cm³/mol. The molecule has 0 radical (unpaired) electrons. The van der Waals surface area contributed by atoms with Crippen molar-refractivity contribution in [1.82, 2.24) is 0 Å². The third-order valence-corrected chi connectivity index (χ3v) is 12.1. The number of hydrogen-bond acceptors (Lipinski definition) is 2. The van der Waals surface area contributed by atoms with Crippen LogP contribution in [0.15, 0.2) is 218 Å². The van der Waals surface area contributed by atoms with Crippen LogP contribution in [0.5, 0.6) is 0 Å². The highest BCUT2D eigenvalue weighted by Crippen LogP contribution is 2.62. The molecule has 57 heavy (non-hydrogen) atoms. The molecule has 1 spiro atoms. The summed E-state index contributed by atoms with van der Waals surface area (Å²) in [6.45, 7) is 0. The highest BCUT2D eigenvalue weighted by Gasteiger charge is 2.50. The molecule has 0 N–H and O–H groups in total. The maximum Gasteiger partial charge on any atom is 0.0465 e. The topological polar surface area (TPSA) is 6.48 Å². The van der Waals surface area contributed by atoms with E-state index in [1.807, 2.05) is 0 Å². The quantitative estimate of drug-likeness (QED) is 0.154. The molecule has 0 heterocycles. The van der Waals surface area contributed by atoms with E-state index in [2.05, 4.69) is 228 Å². The van der Waals surface area contributed by atoms with Crippen LogP contribution < -0.4 is 9.80 Å². The number of rotatable bonds is 8. The zero-order valence-electron chi connectivity index (χ0n) is 31.6. The predicted octanol–water partition coefficient (Wildman–Crippen LogP) is 15.2. The lowest BCUT2D eigenvalue weighted by Gasteiger charge is -2.32. The van der Waals surface area contributed by atoms with Gasteiger partial charge in [-0.05, 0) is 141 Å². The number of anilines is 6. The molecule has 2 aliphatic rings. The van der Waals surface area contributed by atoms with Gasteiger partial charge in [-0.1, -0.05) is 146 Å². The Hall–Kier alpha value is -7.16. The lowest BCUT2D eigenvalue weighted by molar-refractivity contribution is 0.853. The molecule has 0 aromatic heterocycles. The van der Waals surface area contributed by atoms with Crippen LogP contribution in [-0.4, -0.2) is 0 Å². The summed E-state index contributed by atoms with van der Waals surface area (Å²) >= 11 is 0. The third-order valence-electron chi connectivity index (χ3n) is 12.1. The average molecular weight is 729 g/mol. The Kier molecular flexibility index (Phi) is 7.89. The van der Waals surface area contributed by atoms with Gasteiger partial charge >= 0.3 is 0 Å². The van der Waals surface area contributed by atoms with E-state index < -0.39 is 0 Å². The van der Waals surface area contributed by atoms with Crippen LogP contribution in [0.1, 0.15) is 24.0 Å². The van der Waals surface area contributed by atoms with Crippen molar-refractivity contribution < 1.29 is 0 Å². The Morgan fingerprint density at radius 2 is 0.719 bits per heavy atom. The van der Waals surface area contributed by atoms with Crippen molar-refractivity contribution in [2.75, 3.05) is 9.80 Å². The van der Waals surface area contributed by atoms with E-state index >= 15 is 0 Å². The van der Waals surface area contributed by atoms with Crippen molar-refractivity contribution in [3.8, 4) is 33.4 Å². The number of hydrogen-bond donors (Lipinski definition) is 0. The summed E-state index contributed by atoms with van der Waals surface area (Å²) in [6.07, 6.45) is 2.34. The van der Waals surface area contributed by atoms with Crippen molar-refractivity contribution in [1.29, 1.82) is 0 Å². The van der Waals surface area contributed by atoms with Crippen molar-refractivity contribution >= 4 is 44.9 Å². The van der Waals surface area contributed by atoms with Crippen LogP contribution in [0.3, 0.4) is 0 Å². The molecular formula is C55H40N2. The number of nitrogens with zero attached hydrogens (tertiary/aromatic N) is 2. The summed E-state index contributed by atoms with van der Waals surface area (Å²) in [6, 6.07) is 79.6. The molecule has 0 bridgehead atoms. The molecule has 9 aromatic rings. The Morgan fingerprint density at radius 3 is 1.25 bits per heavy atom. The van der Waals surface area contributed by atoms with Gasteiger partial charge in [0.1, 0.15) is 0 Å². The maximum atomic E-state index is 2.48. The molecular weight excluding hydrogens is 689 g/mol. The monoisotopic (exact) mass is 728 g/mol. The fourth-order valence-corrected chi connectivity index (χ4v) is 9.24. The minimum atomic E-state index is 0.0438. The normalized spacial score (nSPS) is 13.3. The second-order valence-corrected chi connectivity index (χ2v) is 15.3. The van der Waals surface area contributed by atoms with Crippen LogP contribution in [0.25, 0.3) is 44.2 Å². The first-order valence-corrected chi connectivity index (χ1v) is 20.0. The van der Waals surface area contributed by atoms with Gasteiger partial charge in [0, 0.05) is 39.5 Å². The number of fused-ring (bicyclic) bond motifs is 4. The van der Waals surface area contributed by atoms with Crippen molar-refractivity contribution in [3.63, 3.8) is 0 Å². The lowest BCUT2D eigenvalue weighted by atomic mass is 9.73. The molecule has 2 nitrogen and oxygen atoms in total. The highest BCUT2D eigenvalue weighted by molar-refractivity contribution is 6.10. The van der Waals surface area contributed by atoms with Gasteiger partial charge < -0.3 is 9.80 Å². The van der Waals surface area contributed by atoms with Gasteiger partial charge in [0.05, 0.1) is 0 Å². The van der Waals surface area contributed by atoms with Gasteiger partial charge in [-0.2, -0.15) is 0 Å². The highest BCUT2D eigenvalue weighted by atomic mass is 15.1. The number of benzene rings is 9. The lowest BCUT2D eigenvalue weighted by Crippen LogP contribution is -2.17. The summed E-state index contributed by atoms with van der Waals surface area (Å²) in [5.74, 6) is 0. The van der Waals surface area contributed by atoms with E-state index in [1.54, 1.807) is 0 Å². The van der Waals surface area contributed by atoms with Gasteiger partial charge in [-0.25, -0.2) is 0 Å². The van der Waals surface area contributed by atoms with Crippen LogP contribution in [-0.2, 0) is 5.41 Å². The minimum Gasteiger partial charge on any atom is -0.311 e. The molecule has 0 atom stereocenters. The van der Waals surface area contributed by atoms with Gasteiger partial charge in [-0.15, -0.1) is 0 Å². The zero-order valence-corrected chi connectivity index (χ0v) is 31.6. The molecule has 0 aliphatic heterocycles. The van der Waals surface area contributed by atoms with Gasteiger partial charge in [-0.3, -0.25) is 0 Å². The van der Waals surface area contributed by atoms with Gasteiger partial charge in [0.2, 0.25) is 0 Å². The van der Waals surface area contributed by atoms with Crippen molar-refractivity contribution in [3.05, 3.63) is 230 Å². The largest absolute Gasteiger partial charge is 0.311 e. The second-order valence-electron chi connectivity index (χ2n) is 15.3. The van der Waals surface area contributed by atoms with E-state index in [-0.39, 0.29) is 5.41 Å². The Morgan fingerprint density at radius 1 is 0.298 bits per heavy atom. The summed E-state index contributed by atoms with van der Waals surface area (Å²) < 4.78 is 0. The molecule has 11 rings (SSSR count). The molecule has 2 heteroatoms. The standard InChI is InChI=1S/C55H40N2/c1-5-14-42(15-6-1)56(43-16-7-2-8-17-43)46-30-28-40(29-31-46)39-24-26-41(27-25-39)48-34-35-51-49-33-32-47(57(44-18-9-3-10-19-44)45-20-11-4-12-21-45)38-53(49)55(36-37-55)52-23-13-22-50(48)54(51)52/h1-35,38H,36-37H2. The molecule has 270 valence electrons. The van der Waals surface area contributed by atoms with E-state index in [0.717, 1.165) is 28.4 Å². The maximum absolute atomic E-state index is 2.48. The minimum absolute atomic E-state index is 0.0438. The summed E-state index contributed by atoms with van der Waals surface area (Å²) in [5, 5.41) is 2.75. The van der Waals surface area contributed by atoms with E-state index in [4.69, 9.17) is 0 Å². The van der Waals surface area contributed by atoms with Crippen LogP contribution in [0.4, 0.5) is 34.1 Å². The Balaban J connectivity index is 0.940. The first-order chi connectivity index (χ1) is 28.2. The third kappa shape index (κ3) is 5.64. The summed E-state index contributed by atoms with van der Waals surface area (Å²) in [4.78, 5) is 4.69. The van der Waals surface area contributed by atoms with E-state index in [0.29, 0.717) is 0 Å². The Bertz CT molecular complexity index is 2780. The first-order valence-electron chi connectivity index (χ1n) is 20.0. The number of para-hydroxylation sites is 4. The molecule has 0 saturated heterocycles. The van der Waals surface area contributed by atoms with Crippen LogP contribution in [0, 0.1) is 0 Å². The summed E-state index contributed by atoms with van der Waals surface area (Å²) in [5.41, 5.74) is 17.6. The van der Waals surface area contributed by atoms with Crippen LogP contribution in [0.2, 0.25) is 0 Å². The van der Waals surface area contributed by atoms with E-state index in [1.165, 1.54) is 73.8 Å². The second kappa shape index (κ2) is 13.5. The van der Waals surface area contributed by atoms with Gasteiger partial charge in [0.15, 0.2) is 0 Å². The van der Waals surface area contributed by atoms with Gasteiger partial charge in [0.25, 0.3) is 0 Å². The van der Waals surface area contributed by atoms with Crippen molar-refractivity contribution in [2.24, 2.45) is 0 Å². The molecule has 9 aromatic carbocycles. The Labute approximate surface area is 334 Å². The average Bonchev–Trinajstić information content (AvgIpc) is 4.09. The molecule has 0 amide bonds. The SMILES string of the molecule is c1ccc(N(c2ccccc2)c2ccc(-c3ccc(-c4ccc5c6c(cccc46)C4(CC4)c4cc(N(c6ccccc6)c6ccccc6)ccc4-5)cc3)cc2)cc1. The molecule has 2 aliphatic carbocycles. The zero-order chi connectivity index (χ0) is 37.8. The fraction of sp³-hybridized carbons (Fsp3) is 0.0545. The summed E-state index contributed by atoms with van der Waals surface area (Å²) in [7, 11) is 0. The first kappa shape index (κ1) is 33.2. The molecule has 0 unspecified atom stereocenters. The molecule has 1 fully saturated rings. The van der Waals surface area contributed by atoms with Crippen LogP contribution >= 0.6 is 0 Å². The smallest absolute Gasteiger partial charge is 0.0465 e. The molecule has 1 saturated carbocycles. The fourth-order valence-electron chi connectivity index (χ4n) is 9.24. The van der Waals surface area contributed by atoms with Crippen molar-refractivity contribution in [2.45, 2.75) is 18.3 Å².